The zero-order chi connectivity index (χ0) is 15.3. The molecule has 0 bridgehead atoms. The zero-order valence-corrected chi connectivity index (χ0v) is 12.1. The van der Waals surface area contributed by atoms with Crippen molar-refractivity contribution in [1.29, 1.82) is 5.26 Å². The third kappa shape index (κ3) is 3.90. The number of phenols is 1. The van der Waals surface area contributed by atoms with E-state index < -0.39 is 5.97 Å². The summed E-state index contributed by atoms with van der Waals surface area (Å²) in [5.74, 6) is -0.765. The molecule has 0 aliphatic heterocycles. The Balaban J connectivity index is 3.17. The molecule has 0 saturated heterocycles. The van der Waals surface area contributed by atoms with Gasteiger partial charge >= 0.3 is 5.97 Å². The highest BCUT2D eigenvalue weighted by Crippen LogP contribution is 2.35. The number of esters is 1. The van der Waals surface area contributed by atoms with Crippen LogP contribution in [0.25, 0.3) is 6.08 Å². The molecule has 0 saturated carbocycles. The van der Waals surface area contributed by atoms with Crippen molar-refractivity contribution in [2.45, 2.75) is 20.0 Å². The number of phenolic OH excluding ortho intramolecular Hbond substituents is 1. The molecule has 106 valence electrons. The van der Waals surface area contributed by atoms with Gasteiger partial charge in [-0.3, -0.25) is 0 Å². The molecule has 0 aliphatic rings. The molecule has 1 aromatic carbocycles. The monoisotopic (exact) mass is 295 g/mol. The molecule has 0 radical (unpaired) electrons. The number of ether oxygens (including phenoxy) is 2. The van der Waals surface area contributed by atoms with E-state index in [1.807, 2.05) is 0 Å². The van der Waals surface area contributed by atoms with E-state index in [4.69, 9.17) is 26.3 Å². The number of carbonyl (C=O) groups is 1. The lowest BCUT2D eigenvalue weighted by atomic mass is 10.1. The molecule has 0 aliphatic carbocycles. The fourth-order valence-electron chi connectivity index (χ4n) is 1.41. The molecule has 0 heterocycles. The van der Waals surface area contributed by atoms with E-state index in [0.29, 0.717) is 5.56 Å². The van der Waals surface area contributed by atoms with Crippen molar-refractivity contribution in [2.24, 2.45) is 0 Å². The second-order valence-corrected chi connectivity index (χ2v) is 4.58. The third-order valence-electron chi connectivity index (χ3n) is 2.26. The van der Waals surface area contributed by atoms with Crippen LogP contribution in [0.4, 0.5) is 0 Å². The summed E-state index contributed by atoms with van der Waals surface area (Å²) in [4.78, 5) is 11.7. The predicted molar refractivity (Wildman–Crippen MR) is 74.5 cm³/mol. The summed E-state index contributed by atoms with van der Waals surface area (Å²) < 4.78 is 9.89. The summed E-state index contributed by atoms with van der Waals surface area (Å²) in [6.45, 7) is 3.38. The third-order valence-corrected chi connectivity index (χ3v) is 2.55. The Morgan fingerprint density at radius 1 is 1.50 bits per heavy atom. The molecule has 1 aromatic rings. The number of carbonyl (C=O) groups excluding carboxylic acids is 1. The van der Waals surface area contributed by atoms with Gasteiger partial charge in [0.15, 0.2) is 11.5 Å². The Labute approximate surface area is 122 Å². The lowest BCUT2D eigenvalue weighted by molar-refractivity contribution is -0.142. The number of methoxy groups -OCH3 is 1. The first-order valence-electron chi connectivity index (χ1n) is 5.78. The summed E-state index contributed by atoms with van der Waals surface area (Å²) in [5.41, 5.74) is 0.282. The van der Waals surface area contributed by atoms with E-state index in [9.17, 15) is 9.90 Å². The summed E-state index contributed by atoms with van der Waals surface area (Å²) in [6, 6.07) is 4.64. The van der Waals surface area contributed by atoms with Crippen molar-refractivity contribution in [1.82, 2.24) is 0 Å². The lowest BCUT2D eigenvalue weighted by Gasteiger charge is -2.08. The average molecular weight is 296 g/mol. The Kier molecular flexibility index (Phi) is 5.42. The Morgan fingerprint density at radius 3 is 2.65 bits per heavy atom. The van der Waals surface area contributed by atoms with Gasteiger partial charge in [0.05, 0.1) is 18.2 Å². The van der Waals surface area contributed by atoms with Crippen LogP contribution in [-0.2, 0) is 9.53 Å². The number of aromatic hydroxyl groups is 1. The molecule has 20 heavy (non-hydrogen) atoms. The van der Waals surface area contributed by atoms with Gasteiger partial charge in [0.1, 0.15) is 11.6 Å². The largest absolute Gasteiger partial charge is 0.503 e. The van der Waals surface area contributed by atoms with Crippen LogP contribution in [0.3, 0.4) is 0 Å². The molecule has 0 aromatic heterocycles. The van der Waals surface area contributed by atoms with Crippen LogP contribution in [-0.4, -0.2) is 24.3 Å². The van der Waals surface area contributed by atoms with Crippen LogP contribution >= 0.6 is 11.6 Å². The fourth-order valence-corrected chi connectivity index (χ4v) is 1.63. The molecule has 0 amide bonds. The van der Waals surface area contributed by atoms with Crippen LogP contribution in [0, 0.1) is 11.3 Å². The Morgan fingerprint density at radius 2 is 2.15 bits per heavy atom. The molecule has 5 nitrogen and oxygen atoms in total. The highest BCUT2D eigenvalue weighted by molar-refractivity contribution is 6.32. The van der Waals surface area contributed by atoms with Crippen molar-refractivity contribution in [3.63, 3.8) is 0 Å². The maximum Gasteiger partial charge on any atom is 0.349 e. The number of hydrogen-bond acceptors (Lipinski definition) is 5. The van der Waals surface area contributed by atoms with Gasteiger partial charge in [0.2, 0.25) is 0 Å². The molecule has 0 atom stereocenters. The first-order chi connectivity index (χ1) is 9.38. The summed E-state index contributed by atoms with van der Waals surface area (Å²) in [6.07, 6.45) is 0.996. The minimum atomic E-state index is -0.717. The summed E-state index contributed by atoms with van der Waals surface area (Å²) in [7, 11) is 1.37. The number of nitrogens with zero attached hydrogens (tertiary/aromatic N) is 1. The van der Waals surface area contributed by atoms with Crippen LogP contribution in [0.2, 0.25) is 5.02 Å². The lowest BCUT2D eigenvalue weighted by Crippen LogP contribution is -2.12. The van der Waals surface area contributed by atoms with E-state index in [2.05, 4.69) is 0 Å². The van der Waals surface area contributed by atoms with Gasteiger partial charge in [0, 0.05) is 0 Å². The van der Waals surface area contributed by atoms with Gasteiger partial charge in [0.25, 0.3) is 0 Å². The van der Waals surface area contributed by atoms with Gasteiger partial charge in [-0.05, 0) is 37.6 Å². The molecular formula is C14H14ClNO4. The van der Waals surface area contributed by atoms with Gasteiger partial charge in [-0.25, -0.2) is 4.79 Å². The van der Waals surface area contributed by atoms with Crippen molar-refractivity contribution in [3.8, 4) is 17.6 Å². The number of nitriles is 1. The number of hydrogen-bond donors (Lipinski definition) is 1. The molecule has 6 heteroatoms. The molecule has 1 rings (SSSR count). The predicted octanol–water partition coefficient (Wildman–Crippen LogP) is 2.91. The first-order valence-corrected chi connectivity index (χ1v) is 6.16. The smallest absolute Gasteiger partial charge is 0.349 e. The van der Waals surface area contributed by atoms with E-state index in [1.54, 1.807) is 19.9 Å². The maximum atomic E-state index is 11.7. The maximum absolute atomic E-state index is 11.7. The van der Waals surface area contributed by atoms with E-state index >= 15 is 0 Å². The molecule has 0 fully saturated rings. The normalized spacial score (nSPS) is 11.1. The number of benzene rings is 1. The fraction of sp³-hybridized carbons (Fsp3) is 0.286. The highest BCUT2D eigenvalue weighted by Gasteiger charge is 2.14. The van der Waals surface area contributed by atoms with Crippen LogP contribution in [0.5, 0.6) is 11.5 Å². The van der Waals surface area contributed by atoms with Crippen molar-refractivity contribution in [2.75, 3.05) is 7.11 Å². The van der Waals surface area contributed by atoms with Gasteiger partial charge < -0.3 is 14.6 Å². The summed E-state index contributed by atoms with van der Waals surface area (Å²) in [5, 5.41) is 18.7. The Hall–Kier alpha value is -2.19. The van der Waals surface area contributed by atoms with E-state index in [-0.39, 0.29) is 28.2 Å². The topological polar surface area (TPSA) is 79.5 Å². The van der Waals surface area contributed by atoms with Gasteiger partial charge in [-0.1, -0.05) is 11.6 Å². The van der Waals surface area contributed by atoms with Gasteiger partial charge in [-0.15, -0.1) is 0 Å². The standard InChI is InChI=1S/C14H14ClNO4/c1-8(2)20-14(18)10(7-16)4-9-5-11(15)13(17)12(6-9)19-3/h4-6,8,17H,1-3H3. The van der Waals surface area contributed by atoms with Crippen LogP contribution in [0.15, 0.2) is 17.7 Å². The molecule has 1 N–H and O–H groups in total. The zero-order valence-electron chi connectivity index (χ0n) is 11.3. The molecule has 0 spiro atoms. The first kappa shape index (κ1) is 15.9. The van der Waals surface area contributed by atoms with Crippen LogP contribution < -0.4 is 4.74 Å². The highest BCUT2D eigenvalue weighted by atomic mass is 35.5. The number of rotatable bonds is 4. The SMILES string of the molecule is COc1cc(C=C(C#N)C(=O)OC(C)C)cc(Cl)c1O. The van der Waals surface area contributed by atoms with Crippen molar-refractivity contribution in [3.05, 3.63) is 28.3 Å². The van der Waals surface area contributed by atoms with E-state index in [1.165, 1.54) is 25.3 Å². The van der Waals surface area contributed by atoms with E-state index in [0.717, 1.165) is 0 Å². The minimum absolute atomic E-state index is 0.0603. The summed E-state index contributed by atoms with van der Waals surface area (Å²) >= 11 is 5.83. The Bertz CT molecular complexity index is 588. The van der Waals surface area contributed by atoms with Crippen molar-refractivity contribution < 1.29 is 19.4 Å². The van der Waals surface area contributed by atoms with Crippen molar-refractivity contribution >= 4 is 23.6 Å². The second kappa shape index (κ2) is 6.83. The minimum Gasteiger partial charge on any atom is -0.503 e. The van der Waals surface area contributed by atoms with Gasteiger partial charge in [-0.2, -0.15) is 5.26 Å². The number of halogens is 1. The molecular weight excluding hydrogens is 282 g/mol. The van der Waals surface area contributed by atoms with Crippen LogP contribution in [0.1, 0.15) is 19.4 Å². The quantitative estimate of drug-likeness (QED) is 0.525. The average Bonchev–Trinajstić information content (AvgIpc) is 2.38. The molecule has 0 unspecified atom stereocenters. The second-order valence-electron chi connectivity index (χ2n) is 4.18.